The fourth-order valence-electron chi connectivity index (χ4n) is 3.47. The molecule has 4 nitrogen and oxygen atoms in total. The van der Waals surface area contributed by atoms with Crippen LogP contribution in [0.15, 0.2) is 11.4 Å². The number of hydrogen-bond acceptors (Lipinski definition) is 4. The number of nitrogens with one attached hydrogen (secondary N) is 1. The molecule has 122 valence electrons. The number of hydrogen-bond donors (Lipinski definition) is 1. The van der Waals surface area contributed by atoms with E-state index in [0.717, 1.165) is 52.0 Å². The summed E-state index contributed by atoms with van der Waals surface area (Å²) in [7, 11) is 0. The van der Waals surface area contributed by atoms with E-state index in [1.165, 1.54) is 10.4 Å². The van der Waals surface area contributed by atoms with Crippen molar-refractivity contribution in [3.8, 4) is 0 Å². The van der Waals surface area contributed by atoms with E-state index in [1.54, 1.807) is 11.3 Å². The minimum Gasteiger partial charge on any atom is -0.381 e. The number of nitrogens with zero attached hydrogens (tertiary/aromatic N) is 1. The van der Waals surface area contributed by atoms with Gasteiger partial charge in [-0.05, 0) is 49.6 Å². The Labute approximate surface area is 136 Å². The first kappa shape index (κ1) is 16.0. The molecule has 1 atom stereocenters. The SMILES string of the molecule is Cc1ccsc1CCC(=O)NC1CCN(C2CCOCC2)C1. The van der Waals surface area contributed by atoms with Crippen molar-refractivity contribution < 1.29 is 9.53 Å². The van der Waals surface area contributed by atoms with Crippen molar-refractivity contribution in [3.63, 3.8) is 0 Å². The van der Waals surface area contributed by atoms with E-state index in [1.807, 2.05) is 0 Å². The number of aryl methyl sites for hydroxylation is 2. The Morgan fingerprint density at radius 2 is 2.23 bits per heavy atom. The molecule has 0 aliphatic carbocycles. The Morgan fingerprint density at radius 3 is 2.95 bits per heavy atom. The number of ether oxygens (including phenoxy) is 1. The van der Waals surface area contributed by atoms with Crippen molar-refractivity contribution in [1.82, 2.24) is 10.2 Å². The molecule has 0 bridgehead atoms. The average molecular weight is 322 g/mol. The van der Waals surface area contributed by atoms with E-state index < -0.39 is 0 Å². The smallest absolute Gasteiger partial charge is 0.220 e. The molecule has 3 rings (SSSR count). The summed E-state index contributed by atoms with van der Waals surface area (Å²) < 4.78 is 5.43. The summed E-state index contributed by atoms with van der Waals surface area (Å²) in [5.74, 6) is 0.201. The molecule has 2 aliphatic heterocycles. The Kier molecular flexibility index (Phi) is 5.50. The number of amides is 1. The maximum Gasteiger partial charge on any atom is 0.220 e. The van der Waals surface area contributed by atoms with E-state index in [-0.39, 0.29) is 5.91 Å². The van der Waals surface area contributed by atoms with Gasteiger partial charge in [0.05, 0.1) is 0 Å². The van der Waals surface area contributed by atoms with Crippen molar-refractivity contribution in [2.24, 2.45) is 0 Å². The second kappa shape index (κ2) is 7.57. The lowest BCUT2D eigenvalue weighted by atomic mass is 10.1. The zero-order valence-electron chi connectivity index (χ0n) is 13.3. The normalized spacial score (nSPS) is 23.8. The standard InChI is InChI=1S/C17H26N2O2S/c1-13-7-11-22-16(13)2-3-17(20)18-14-4-8-19(12-14)15-5-9-21-10-6-15/h7,11,14-15H,2-6,8-10,12H2,1H3,(H,18,20). The first-order valence-electron chi connectivity index (χ1n) is 8.36. The summed E-state index contributed by atoms with van der Waals surface area (Å²) in [5, 5.41) is 5.33. The lowest BCUT2D eigenvalue weighted by Gasteiger charge is -2.31. The molecule has 2 aliphatic rings. The van der Waals surface area contributed by atoms with Crippen LogP contribution in [0.4, 0.5) is 0 Å². The van der Waals surface area contributed by atoms with Crippen LogP contribution < -0.4 is 5.32 Å². The molecule has 2 saturated heterocycles. The van der Waals surface area contributed by atoms with Gasteiger partial charge in [0.1, 0.15) is 0 Å². The Bertz CT molecular complexity index is 497. The Balaban J connectivity index is 1.40. The van der Waals surface area contributed by atoms with Crippen molar-refractivity contribution in [2.75, 3.05) is 26.3 Å². The fraction of sp³-hybridized carbons (Fsp3) is 0.706. The number of thiophene rings is 1. The molecule has 22 heavy (non-hydrogen) atoms. The second-order valence-electron chi connectivity index (χ2n) is 6.42. The maximum atomic E-state index is 12.1. The van der Waals surface area contributed by atoms with Crippen molar-refractivity contribution >= 4 is 17.2 Å². The predicted molar refractivity (Wildman–Crippen MR) is 89.3 cm³/mol. The highest BCUT2D eigenvalue weighted by Crippen LogP contribution is 2.21. The monoisotopic (exact) mass is 322 g/mol. The lowest BCUT2D eigenvalue weighted by Crippen LogP contribution is -2.41. The van der Waals surface area contributed by atoms with Gasteiger partial charge in [0.15, 0.2) is 0 Å². The van der Waals surface area contributed by atoms with E-state index in [4.69, 9.17) is 4.74 Å². The molecule has 3 heterocycles. The van der Waals surface area contributed by atoms with Gasteiger partial charge in [0, 0.05) is 49.7 Å². The van der Waals surface area contributed by atoms with Gasteiger partial charge in [0.25, 0.3) is 0 Å². The van der Waals surface area contributed by atoms with Crippen molar-refractivity contribution in [2.45, 2.75) is 51.1 Å². The Hall–Kier alpha value is -0.910. The quantitative estimate of drug-likeness (QED) is 0.905. The molecule has 1 unspecified atom stereocenters. The van der Waals surface area contributed by atoms with E-state index >= 15 is 0 Å². The van der Waals surface area contributed by atoms with Crippen LogP contribution in [0.25, 0.3) is 0 Å². The third kappa shape index (κ3) is 4.09. The molecular weight excluding hydrogens is 296 g/mol. The van der Waals surface area contributed by atoms with Crippen LogP contribution in [0.3, 0.4) is 0 Å². The fourth-order valence-corrected chi connectivity index (χ4v) is 4.38. The van der Waals surface area contributed by atoms with Gasteiger partial charge in [-0.1, -0.05) is 0 Å². The molecule has 0 saturated carbocycles. The first-order chi connectivity index (χ1) is 10.7. The van der Waals surface area contributed by atoms with Crippen LogP contribution in [-0.2, 0) is 16.0 Å². The first-order valence-corrected chi connectivity index (χ1v) is 9.24. The third-order valence-corrected chi connectivity index (χ3v) is 5.92. The van der Waals surface area contributed by atoms with Gasteiger partial charge in [-0.15, -0.1) is 11.3 Å². The van der Waals surface area contributed by atoms with Crippen LogP contribution in [0, 0.1) is 6.92 Å². The highest BCUT2D eigenvalue weighted by atomic mass is 32.1. The van der Waals surface area contributed by atoms with Gasteiger partial charge >= 0.3 is 0 Å². The Morgan fingerprint density at radius 1 is 1.41 bits per heavy atom. The lowest BCUT2D eigenvalue weighted by molar-refractivity contribution is -0.121. The number of likely N-dealkylation sites (tertiary alicyclic amines) is 1. The highest BCUT2D eigenvalue weighted by molar-refractivity contribution is 7.10. The number of rotatable bonds is 5. The molecule has 0 spiro atoms. The number of carbonyl (C=O) groups is 1. The van der Waals surface area contributed by atoms with Crippen LogP contribution in [-0.4, -0.2) is 49.2 Å². The highest BCUT2D eigenvalue weighted by Gasteiger charge is 2.29. The van der Waals surface area contributed by atoms with Crippen molar-refractivity contribution in [3.05, 3.63) is 21.9 Å². The molecule has 5 heteroatoms. The molecule has 2 fully saturated rings. The summed E-state index contributed by atoms with van der Waals surface area (Å²) in [4.78, 5) is 16.0. The van der Waals surface area contributed by atoms with Crippen LogP contribution in [0.2, 0.25) is 0 Å². The van der Waals surface area contributed by atoms with E-state index in [0.29, 0.717) is 18.5 Å². The zero-order chi connectivity index (χ0) is 15.4. The minimum atomic E-state index is 0.201. The van der Waals surface area contributed by atoms with Gasteiger partial charge in [-0.25, -0.2) is 0 Å². The molecular formula is C17H26N2O2S. The zero-order valence-corrected chi connectivity index (χ0v) is 14.2. The van der Waals surface area contributed by atoms with E-state index in [2.05, 4.69) is 28.6 Å². The summed E-state index contributed by atoms with van der Waals surface area (Å²) in [6, 6.07) is 3.12. The summed E-state index contributed by atoms with van der Waals surface area (Å²) in [5.41, 5.74) is 1.31. The van der Waals surface area contributed by atoms with Gasteiger partial charge in [-0.2, -0.15) is 0 Å². The second-order valence-corrected chi connectivity index (χ2v) is 7.42. The maximum absolute atomic E-state index is 12.1. The molecule has 1 aromatic rings. The van der Waals surface area contributed by atoms with Crippen LogP contribution in [0.5, 0.6) is 0 Å². The third-order valence-electron chi connectivity index (χ3n) is 4.84. The molecule has 1 aromatic heterocycles. The van der Waals surface area contributed by atoms with Crippen molar-refractivity contribution in [1.29, 1.82) is 0 Å². The van der Waals surface area contributed by atoms with Crippen LogP contribution >= 0.6 is 11.3 Å². The molecule has 0 radical (unpaired) electrons. The molecule has 0 aromatic carbocycles. The molecule has 1 N–H and O–H groups in total. The predicted octanol–water partition coefficient (Wildman–Crippen LogP) is 2.36. The topological polar surface area (TPSA) is 41.6 Å². The van der Waals surface area contributed by atoms with Gasteiger partial charge in [0.2, 0.25) is 5.91 Å². The number of carbonyl (C=O) groups excluding carboxylic acids is 1. The van der Waals surface area contributed by atoms with E-state index in [9.17, 15) is 4.79 Å². The minimum absolute atomic E-state index is 0.201. The van der Waals surface area contributed by atoms with Gasteiger partial charge < -0.3 is 10.1 Å². The summed E-state index contributed by atoms with van der Waals surface area (Å²) in [6.07, 6.45) is 4.83. The summed E-state index contributed by atoms with van der Waals surface area (Å²) >= 11 is 1.75. The largest absolute Gasteiger partial charge is 0.381 e. The molecule has 1 amide bonds. The van der Waals surface area contributed by atoms with Crippen LogP contribution in [0.1, 0.15) is 36.1 Å². The average Bonchev–Trinajstić information content (AvgIpc) is 3.15. The summed E-state index contributed by atoms with van der Waals surface area (Å²) in [6.45, 7) is 6.01. The van der Waals surface area contributed by atoms with Gasteiger partial charge in [-0.3, -0.25) is 9.69 Å².